The second-order valence-corrected chi connectivity index (χ2v) is 3.39. The summed E-state index contributed by atoms with van der Waals surface area (Å²) in [6, 6.07) is 9.76. The Morgan fingerprint density at radius 1 is 1.18 bits per heavy atom. The quantitative estimate of drug-likeness (QED) is 0.568. The molecule has 1 nitrogen and oxygen atoms in total. The van der Waals surface area contributed by atoms with Gasteiger partial charge >= 0.3 is 26.8 Å². The molecule has 0 aliphatic carbocycles. The first-order valence-electron chi connectivity index (χ1n) is 3.77. The number of rotatable bonds is 1. The van der Waals surface area contributed by atoms with E-state index in [0.717, 1.165) is 20.8 Å². The summed E-state index contributed by atoms with van der Waals surface area (Å²) in [5.74, 6) is 4.42. The fraction of sp³-hybridized carbons (Fsp3) is 0.333. The number of nitrogens with one attached hydrogen (secondary N) is 1. The third kappa shape index (κ3) is 6.12. The van der Waals surface area contributed by atoms with Crippen LogP contribution in [0.15, 0.2) is 30.3 Å². The fourth-order valence-corrected chi connectivity index (χ4v) is 0.596. The van der Waals surface area contributed by atoms with Crippen molar-refractivity contribution in [2.24, 2.45) is 0 Å². The Hall–Kier alpha value is -0.288. The fourth-order valence-electron chi connectivity index (χ4n) is 0.596. The van der Waals surface area contributed by atoms with Gasteiger partial charge in [0.05, 0.1) is 0 Å². The van der Waals surface area contributed by atoms with Gasteiger partial charge in [0.1, 0.15) is 0 Å². The molecule has 0 bridgehead atoms. The molecule has 0 saturated heterocycles. The minimum atomic E-state index is 0.390. The summed E-state index contributed by atoms with van der Waals surface area (Å²) in [5, 5.41) is 0. The number of hydrogen-bond donors (Lipinski definition) is 0. The normalized spacial score (nSPS) is 7.55. The van der Waals surface area contributed by atoms with Crippen LogP contribution in [-0.2, 0) is 6.54 Å². The molecule has 0 unspecified atom stereocenters. The van der Waals surface area contributed by atoms with Gasteiger partial charge in [0.25, 0.3) is 0 Å². The molecule has 11 heavy (non-hydrogen) atoms. The summed E-state index contributed by atoms with van der Waals surface area (Å²) in [7, 11) is 0. The van der Waals surface area contributed by atoms with Gasteiger partial charge in [0, 0.05) is 0 Å². The van der Waals surface area contributed by atoms with Crippen molar-refractivity contribution < 1.29 is 0 Å². The molecule has 0 fully saturated rings. The maximum absolute atomic E-state index is 6.94. The van der Waals surface area contributed by atoms with Crippen LogP contribution in [0.4, 0.5) is 0 Å². The topological polar surface area (TPSA) is 23.8 Å². The average molecular weight is 163 g/mol. The Morgan fingerprint density at radius 3 is 1.91 bits per heavy atom. The molecule has 2 heteroatoms. The maximum Gasteiger partial charge on any atom is -0.0608 e. The molecule has 1 aromatic rings. The molecule has 0 radical (unpaired) electrons. The van der Waals surface area contributed by atoms with Crippen molar-refractivity contribution in [3.05, 3.63) is 41.6 Å². The van der Waals surface area contributed by atoms with Gasteiger partial charge in [-0.2, -0.15) is 0 Å². The molecule has 1 aromatic carbocycles. The second kappa shape index (κ2) is 7.82. The van der Waals surface area contributed by atoms with Gasteiger partial charge < -0.3 is 5.73 Å². The Kier molecular flexibility index (Phi) is 7.61. The summed E-state index contributed by atoms with van der Waals surface area (Å²) in [4.78, 5) is 0. The van der Waals surface area contributed by atoms with Crippen LogP contribution in [0.3, 0.4) is 0 Å². The van der Waals surface area contributed by atoms with Gasteiger partial charge in [-0.05, 0) is 0 Å². The Labute approximate surface area is 75.3 Å². The standard InChI is InChI=1S/C7H8N.2CH3.Al/c8-6-7-4-2-1-3-5-7;;;/h1-5,8H,6H2;2*1H3;/q-1;;;+1. The van der Waals surface area contributed by atoms with Crippen molar-refractivity contribution >= 4 is 15.2 Å². The number of hydrogen-bond acceptors (Lipinski definition) is 0. The zero-order valence-corrected chi connectivity index (χ0v) is 8.33. The van der Waals surface area contributed by atoms with Crippen LogP contribution >= 0.6 is 0 Å². The zero-order chi connectivity index (χ0) is 8.53. The summed E-state index contributed by atoms with van der Waals surface area (Å²) in [5.41, 5.74) is 8.02. The van der Waals surface area contributed by atoms with Crippen LogP contribution < -0.4 is 0 Å². The van der Waals surface area contributed by atoms with Gasteiger partial charge in [-0.15, -0.1) is 6.54 Å². The van der Waals surface area contributed by atoms with Crippen LogP contribution in [0.2, 0.25) is 11.6 Å². The third-order valence-electron chi connectivity index (χ3n) is 1.05. The maximum atomic E-state index is 6.94. The molecule has 0 amide bonds. The predicted molar refractivity (Wildman–Crippen MR) is 51.9 cm³/mol. The largest absolute Gasteiger partial charge is 0.674 e. The van der Waals surface area contributed by atoms with E-state index in [4.69, 9.17) is 5.73 Å². The molecule has 0 saturated carbocycles. The molecular formula is C9H14AlN. The Bertz CT molecular complexity index is 162. The van der Waals surface area contributed by atoms with E-state index in [1.807, 2.05) is 30.3 Å². The van der Waals surface area contributed by atoms with Gasteiger partial charge in [-0.3, -0.25) is 0 Å². The molecule has 0 aromatic heterocycles. The van der Waals surface area contributed by atoms with Crippen molar-refractivity contribution in [1.82, 2.24) is 0 Å². The van der Waals surface area contributed by atoms with E-state index in [1.54, 1.807) is 0 Å². The van der Waals surface area contributed by atoms with E-state index in [1.165, 1.54) is 0 Å². The monoisotopic (exact) mass is 163 g/mol. The van der Waals surface area contributed by atoms with E-state index < -0.39 is 0 Å². The number of benzene rings is 1. The van der Waals surface area contributed by atoms with Crippen molar-refractivity contribution in [2.75, 3.05) is 0 Å². The van der Waals surface area contributed by atoms with Crippen LogP contribution in [0, 0.1) is 0 Å². The van der Waals surface area contributed by atoms with E-state index >= 15 is 0 Å². The van der Waals surface area contributed by atoms with Gasteiger partial charge in [0.15, 0.2) is 0 Å². The molecular weight excluding hydrogens is 149 g/mol. The molecule has 0 heterocycles. The SMILES string of the molecule is [CH3][Al+][CH3].[NH-]Cc1ccccc1. The van der Waals surface area contributed by atoms with Crippen molar-refractivity contribution in [1.29, 1.82) is 0 Å². The third-order valence-corrected chi connectivity index (χ3v) is 1.05. The summed E-state index contributed by atoms with van der Waals surface area (Å²) >= 11 is 0.750. The predicted octanol–water partition coefficient (Wildman–Crippen LogP) is 3.03. The summed E-state index contributed by atoms with van der Waals surface area (Å²) in [6.45, 7) is 0.390. The van der Waals surface area contributed by atoms with Gasteiger partial charge in [0.2, 0.25) is 0 Å². The van der Waals surface area contributed by atoms with Gasteiger partial charge in [-0.1, -0.05) is 35.9 Å². The first kappa shape index (κ1) is 10.7. The van der Waals surface area contributed by atoms with E-state index in [0.29, 0.717) is 6.54 Å². The van der Waals surface area contributed by atoms with Crippen molar-refractivity contribution in [2.45, 2.75) is 18.1 Å². The first-order valence-corrected chi connectivity index (χ1v) is 6.08. The van der Waals surface area contributed by atoms with Crippen LogP contribution in [0.5, 0.6) is 0 Å². The molecule has 1 rings (SSSR count). The average Bonchev–Trinajstić information content (AvgIpc) is 2.08. The van der Waals surface area contributed by atoms with E-state index in [-0.39, 0.29) is 0 Å². The Morgan fingerprint density at radius 2 is 1.64 bits per heavy atom. The van der Waals surface area contributed by atoms with Crippen LogP contribution in [-0.4, -0.2) is 15.2 Å². The molecule has 58 valence electrons. The second-order valence-electron chi connectivity index (χ2n) is 2.24. The molecule has 0 aliphatic heterocycles. The minimum absolute atomic E-state index is 0.390. The smallest absolute Gasteiger partial charge is 0.0608 e. The van der Waals surface area contributed by atoms with Gasteiger partial charge in [-0.25, -0.2) is 0 Å². The molecule has 0 atom stereocenters. The molecule has 1 N–H and O–H groups in total. The van der Waals surface area contributed by atoms with Crippen LogP contribution in [0.25, 0.3) is 5.73 Å². The van der Waals surface area contributed by atoms with Crippen LogP contribution in [0.1, 0.15) is 5.56 Å². The zero-order valence-electron chi connectivity index (χ0n) is 7.17. The first-order chi connectivity index (χ1) is 5.35. The van der Waals surface area contributed by atoms with E-state index in [2.05, 4.69) is 11.6 Å². The Balaban J connectivity index is 0.000000292. The van der Waals surface area contributed by atoms with Crippen molar-refractivity contribution in [3.63, 3.8) is 0 Å². The minimum Gasteiger partial charge on any atom is -0.674 e. The van der Waals surface area contributed by atoms with E-state index in [9.17, 15) is 0 Å². The van der Waals surface area contributed by atoms with Crippen molar-refractivity contribution in [3.8, 4) is 0 Å². The summed E-state index contributed by atoms with van der Waals surface area (Å²) in [6.07, 6.45) is 0. The molecule has 0 aliphatic rings. The summed E-state index contributed by atoms with van der Waals surface area (Å²) < 4.78 is 0. The molecule has 0 spiro atoms.